The predicted octanol–water partition coefficient (Wildman–Crippen LogP) is 4.75. The van der Waals surface area contributed by atoms with E-state index in [0.29, 0.717) is 23.6 Å². The van der Waals surface area contributed by atoms with Crippen LogP contribution in [0.3, 0.4) is 0 Å². The average Bonchev–Trinajstić information content (AvgIpc) is 2.65. The van der Waals surface area contributed by atoms with Gasteiger partial charge in [0.1, 0.15) is 16.6 Å². The standard InChI is InChI=1S/C20H16FN3O2S/c1-12-3-2-4-17(25)19(12)24-16-9-10-18(23-15(16)11-22-20(24)26)27-14-7-5-13(21)6-8-14/h2-10,25H,11H2,1H3,(H,22,26). The zero-order valence-corrected chi connectivity index (χ0v) is 15.3. The Morgan fingerprint density at radius 3 is 2.67 bits per heavy atom. The number of benzene rings is 2. The van der Waals surface area contributed by atoms with E-state index >= 15 is 0 Å². The summed E-state index contributed by atoms with van der Waals surface area (Å²) in [5, 5.41) is 13.8. The number of anilines is 2. The highest BCUT2D eigenvalue weighted by Crippen LogP contribution is 2.39. The Bertz CT molecular complexity index is 1000. The molecule has 3 aromatic rings. The van der Waals surface area contributed by atoms with Crippen LogP contribution < -0.4 is 10.2 Å². The number of amides is 2. The quantitative estimate of drug-likeness (QED) is 0.687. The van der Waals surface area contributed by atoms with Crippen LogP contribution in [0.1, 0.15) is 11.3 Å². The molecular formula is C20H16FN3O2S. The van der Waals surface area contributed by atoms with Gasteiger partial charge in [-0.3, -0.25) is 4.90 Å². The van der Waals surface area contributed by atoms with Crippen molar-refractivity contribution in [1.82, 2.24) is 10.3 Å². The normalized spacial score (nSPS) is 13.3. The molecule has 0 atom stereocenters. The van der Waals surface area contributed by atoms with Gasteiger partial charge in [-0.25, -0.2) is 14.2 Å². The highest BCUT2D eigenvalue weighted by atomic mass is 32.2. The fourth-order valence-corrected chi connectivity index (χ4v) is 3.80. The third-order valence-corrected chi connectivity index (χ3v) is 5.20. The molecule has 2 N–H and O–H groups in total. The average molecular weight is 381 g/mol. The van der Waals surface area contributed by atoms with E-state index in [4.69, 9.17) is 0 Å². The Balaban J connectivity index is 1.71. The summed E-state index contributed by atoms with van der Waals surface area (Å²) < 4.78 is 13.1. The lowest BCUT2D eigenvalue weighted by Gasteiger charge is -2.31. The van der Waals surface area contributed by atoms with Crippen LogP contribution >= 0.6 is 11.8 Å². The summed E-state index contributed by atoms with van der Waals surface area (Å²) in [6.45, 7) is 2.14. The third kappa shape index (κ3) is 3.33. The zero-order chi connectivity index (χ0) is 19.0. The number of halogens is 1. The van der Waals surface area contributed by atoms with E-state index in [1.54, 1.807) is 24.3 Å². The number of aryl methyl sites for hydroxylation is 1. The molecule has 0 bridgehead atoms. The summed E-state index contributed by atoms with van der Waals surface area (Å²) in [5.74, 6) is -0.253. The van der Waals surface area contributed by atoms with Gasteiger partial charge in [-0.2, -0.15) is 0 Å². The van der Waals surface area contributed by atoms with Crippen molar-refractivity contribution in [2.24, 2.45) is 0 Å². The van der Waals surface area contributed by atoms with E-state index in [-0.39, 0.29) is 17.6 Å². The van der Waals surface area contributed by atoms with Crippen molar-refractivity contribution < 1.29 is 14.3 Å². The van der Waals surface area contributed by atoms with Crippen LogP contribution in [0.5, 0.6) is 5.75 Å². The molecule has 0 unspecified atom stereocenters. The van der Waals surface area contributed by atoms with Crippen LogP contribution in [0.25, 0.3) is 0 Å². The van der Waals surface area contributed by atoms with E-state index in [9.17, 15) is 14.3 Å². The number of aromatic nitrogens is 1. The second kappa shape index (κ2) is 6.92. The van der Waals surface area contributed by atoms with Gasteiger partial charge >= 0.3 is 6.03 Å². The number of para-hydroxylation sites is 1. The van der Waals surface area contributed by atoms with E-state index in [1.807, 2.05) is 25.1 Å². The maximum absolute atomic E-state index is 13.1. The lowest BCUT2D eigenvalue weighted by atomic mass is 10.1. The number of carbonyl (C=O) groups excluding carboxylic acids is 1. The van der Waals surface area contributed by atoms with Gasteiger partial charge in [0.25, 0.3) is 0 Å². The van der Waals surface area contributed by atoms with Crippen molar-refractivity contribution in [2.75, 3.05) is 4.90 Å². The first-order valence-corrected chi connectivity index (χ1v) is 9.14. The van der Waals surface area contributed by atoms with Crippen LogP contribution in [0, 0.1) is 12.7 Å². The summed E-state index contributed by atoms with van der Waals surface area (Å²) in [7, 11) is 0. The molecule has 27 heavy (non-hydrogen) atoms. The second-order valence-corrected chi connectivity index (χ2v) is 7.20. The van der Waals surface area contributed by atoms with Crippen LogP contribution in [-0.4, -0.2) is 16.1 Å². The Hall–Kier alpha value is -3.06. The molecule has 7 heteroatoms. The summed E-state index contributed by atoms with van der Waals surface area (Å²) in [6, 6.07) is 14.6. The van der Waals surface area contributed by atoms with Gasteiger partial charge in [0, 0.05) is 4.90 Å². The van der Waals surface area contributed by atoms with Crippen LogP contribution in [0.2, 0.25) is 0 Å². The summed E-state index contributed by atoms with van der Waals surface area (Å²) >= 11 is 1.41. The van der Waals surface area contributed by atoms with E-state index in [1.165, 1.54) is 28.8 Å². The van der Waals surface area contributed by atoms with E-state index < -0.39 is 0 Å². The van der Waals surface area contributed by atoms with Gasteiger partial charge in [-0.15, -0.1) is 0 Å². The van der Waals surface area contributed by atoms with Gasteiger partial charge in [0.05, 0.1) is 23.6 Å². The van der Waals surface area contributed by atoms with Crippen LogP contribution in [0.15, 0.2) is 64.5 Å². The van der Waals surface area contributed by atoms with E-state index in [2.05, 4.69) is 10.3 Å². The smallest absolute Gasteiger partial charge is 0.327 e. The Morgan fingerprint density at radius 2 is 1.93 bits per heavy atom. The number of phenolic OH excluding ortho intramolecular Hbond substituents is 1. The van der Waals surface area contributed by atoms with Gasteiger partial charge < -0.3 is 10.4 Å². The number of aromatic hydroxyl groups is 1. The topological polar surface area (TPSA) is 65.5 Å². The Labute approximate surface area is 159 Å². The molecule has 0 saturated heterocycles. The highest BCUT2D eigenvalue weighted by molar-refractivity contribution is 7.99. The van der Waals surface area contributed by atoms with E-state index in [0.717, 1.165) is 15.5 Å². The first-order valence-electron chi connectivity index (χ1n) is 8.33. The molecule has 0 saturated carbocycles. The Kier molecular flexibility index (Phi) is 4.45. The molecule has 0 radical (unpaired) electrons. The molecule has 136 valence electrons. The SMILES string of the molecule is Cc1cccc(O)c1N1C(=O)NCc2nc(Sc3ccc(F)cc3)ccc21. The number of carbonyl (C=O) groups is 1. The fourth-order valence-electron chi connectivity index (χ4n) is 2.99. The first kappa shape index (κ1) is 17.4. The highest BCUT2D eigenvalue weighted by Gasteiger charge is 2.29. The molecule has 2 amide bonds. The first-order chi connectivity index (χ1) is 13.0. The number of pyridine rings is 1. The number of hydrogen-bond acceptors (Lipinski definition) is 4. The van der Waals surface area contributed by atoms with Crippen LogP contribution in [0.4, 0.5) is 20.6 Å². The lowest BCUT2D eigenvalue weighted by Crippen LogP contribution is -2.42. The number of phenols is 1. The van der Waals surface area contributed by atoms with Gasteiger partial charge in [-0.05, 0) is 55.0 Å². The molecule has 0 fully saturated rings. The zero-order valence-electron chi connectivity index (χ0n) is 14.4. The van der Waals surface area contributed by atoms with Gasteiger partial charge in [0.15, 0.2) is 0 Å². The number of rotatable bonds is 3. The molecule has 0 spiro atoms. The molecule has 2 aromatic carbocycles. The number of nitrogens with zero attached hydrogens (tertiary/aromatic N) is 2. The number of hydrogen-bond donors (Lipinski definition) is 2. The fraction of sp³-hybridized carbons (Fsp3) is 0.100. The van der Waals surface area contributed by atoms with Crippen molar-refractivity contribution in [3.8, 4) is 5.75 Å². The van der Waals surface area contributed by atoms with Crippen molar-refractivity contribution in [3.63, 3.8) is 0 Å². The minimum absolute atomic E-state index is 0.0303. The maximum Gasteiger partial charge on any atom is 0.327 e. The molecule has 4 rings (SSSR count). The summed E-state index contributed by atoms with van der Waals surface area (Å²) in [4.78, 5) is 19.5. The van der Waals surface area contributed by atoms with Gasteiger partial charge in [-0.1, -0.05) is 23.9 Å². The number of nitrogens with one attached hydrogen (secondary N) is 1. The minimum Gasteiger partial charge on any atom is -0.506 e. The second-order valence-electron chi connectivity index (χ2n) is 6.11. The lowest BCUT2D eigenvalue weighted by molar-refractivity contribution is 0.246. The maximum atomic E-state index is 13.1. The van der Waals surface area contributed by atoms with Crippen molar-refractivity contribution in [2.45, 2.75) is 23.4 Å². The molecule has 1 aromatic heterocycles. The third-order valence-electron chi connectivity index (χ3n) is 4.25. The molecule has 1 aliphatic rings. The summed E-state index contributed by atoms with van der Waals surface area (Å²) in [6.07, 6.45) is 0. The number of urea groups is 1. The molecule has 5 nitrogen and oxygen atoms in total. The minimum atomic E-state index is -0.312. The van der Waals surface area contributed by atoms with Crippen molar-refractivity contribution in [1.29, 1.82) is 0 Å². The largest absolute Gasteiger partial charge is 0.506 e. The van der Waals surface area contributed by atoms with Crippen molar-refractivity contribution >= 4 is 29.2 Å². The molecule has 0 aliphatic carbocycles. The Morgan fingerprint density at radius 1 is 1.15 bits per heavy atom. The number of fused-ring (bicyclic) bond motifs is 1. The predicted molar refractivity (Wildman–Crippen MR) is 102 cm³/mol. The van der Waals surface area contributed by atoms with Gasteiger partial charge in [0.2, 0.25) is 0 Å². The molecule has 2 heterocycles. The monoisotopic (exact) mass is 381 g/mol. The summed E-state index contributed by atoms with van der Waals surface area (Å²) in [5.41, 5.74) is 2.55. The molecular weight excluding hydrogens is 365 g/mol. The van der Waals surface area contributed by atoms with Crippen molar-refractivity contribution in [3.05, 3.63) is 71.7 Å². The van der Waals surface area contributed by atoms with Crippen LogP contribution in [-0.2, 0) is 6.54 Å². The molecule has 1 aliphatic heterocycles.